The highest BCUT2D eigenvalue weighted by Crippen LogP contribution is 2.18. The van der Waals surface area contributed by atoms with E-state index in [1.54, 1.807) is 0 Å². The molecule has 3 N–H and O–H groups in total. The molecule has 0 aromatic rings. The second-order valence-corrected chi connectivity index (χ2v) is 7.13. The molecule has 1 aliphatic heterocycles. The smallest absolute Gasteiger partial charge is 0.211 e. The maximum Gasteiger partial charge on any atom is 0.211 e. The van der Waals surface area contributed by atoms with Crippen LogP contribution in [0.15, 0.2) is 17.1 Å². The molecule has 1 saturated heterocycles. The minimum absolute atomic E-state index is 0.425. The van der Waals surface area contributed by atoms with Crippen LogP contribution in [0.3, 0.4) is 0 Å². The van der Waals surface area contributed by atoms with Crippen molar-refractivity contribution in [2.75, 3.05) is 32.4 Å². The topological polar surface area (TPSA) is 87.8 Å². The van der Waals surface area contributed by atoms with Gasteiger partial charge in [0, 0.05) is 19.6 Å². The standard InChI is InChI=1S/C12H24N4O2S/c1-10(2)8-14-12(13)15-9-11-4-6-16(7-5-11)19(3,17)18/h11H,1,4-9H2,2-3H3,(H3,13,14,15). The highest BCUT2D eigenvalue weighted by Gasteiger charge is 2.24. The first-order valence-corrected chi connectivity index (χ1v) is 8.27. The fourth-order valence-corrected chi connectivity index (χ4v) is 2.84. The summed E-state index contributed by atoms with van der Waals surface area (Å²) in [6.07, 6.45) is 2.97. The largest absolute Gasteiger partial charge is 0.370 e. The summed E-state index contributed by atoms with van der Waals surface area (Å²) in [6, 6.07) is 0. The molecular weight excluding hydrogens is 264 g/mol. The quantitative estimate of drug-likeness (QED) is 0.428. The van der Waals surface area contributed by atoms with Crippen LogP contribution in [0.5, 0.6) is 0 Å². The monoisotopic (exact) mass is 288 g/mol. The highest BCUT2D eigenvalue weighted by molar-refractivity contribution is 7.88. The predicted octanol–water partition coefficient (Wildman–Crippen LogP) is 0.138. The number of nitrogens with two attached hydrogens (primary N) is 1. The molecule has 7 heteroatoms. The van der Waals surface area contributed by atoms with Crippen molar-refractivity contribution in [3.05, 3.63) is 12.2 Å². The number of sulfonamides is 1. The summed E-state index contributed by atoms with van der Waals surface area (Å²) < 4.78 is 24.3. The Labute approximate surface area is 115 Å². The van der Waals surface area contributed by atoms with E-state index in [0.29, 0.717) is 31.5 Å². The first-order valence-electron chi connectivity index (χ1n) is 6.42. The van der Waals surface area contributed by atoms with E-state index >= 15 is 0 Å². The third-order valence-corrected chi connectivity index (χ3v) is 4.44. The van der Waals surface area contributed by atoms with Crippen molar-refractivity contribution in [3.63, 3.8) is 0 Å². The Balaban J connectivity index is 2.30. The lowest BCUT2D eigenvalue weighted by Gasteiger charge is -2.30. The number of hydrogen-bond donors (Lipinski definition) is 2. The Morgan fingerprint density at radius 2 is 2.05 bits per heavy atom. The minimum Gasteiger partial charge on any atom is -0.370 e. The summed E-state index contributed by atoms with van der Waals surface area (Å²) in [4.78, 5) is 4.14. The molecule has 0 bridgehead atoms. The van der Waals surface area contributed by atoms with Gasteiger partial charge in [-0.05, 0) is 25.7 Å². The molecule has 0 spiro atoms. The average molecular weight is 288 g/mol. The van der Waals surface area contributed by atoms with Gasteiger partial charge in [0.15, 0.2) is 5.96 Å². The third kappa shape index (κ3) is 6.07. The molecule has 0 saturated carbocycles. The molecule has 0 atom stereocenters. The fraction of sp³-hybridized carbons (Fsp3) is 0.750. The molecule has 1 fully saturated rings. The molecule has 1 aliphatic rings. The van der Waals surface area contributed by atoms with E-state index in [0.717, 1.165) is 25.0 Å². The Hall–Kier alpha value is -1.08. The van der Waals surface area contributed by atoms with Crippen molar-refractivity contribution in [2.45, 2.75) is 19.8 Å². The SMILES string of the molecule is C=C(C)CN=C(N)NCC1CCN(S(C)(=O)=O)CC1. The second kappa shape index (κ2) is 6.91. The Bertz CT molecular complexity index is 437. The molecule has 0 aromatic heterocycles. The maximum absolute atomic E-state index is 11.4. The van der Waals surface area contributed by atoms with Gasteiger partial charge >= 0.3 is 0 Å². The van der Waals surface area contributed by atoms with Gasteiger partial charge in [-0.3, -0.25) is 0 Å². The Kier molecular flexibility index (Phi) is 5.81. The number of rotatable bonds is 5. The molecule has 19 heavy (non-hydrogen) atoms. The summed E-state index contributed by atoms with van der Waals surface area (Å²) in [5.74, 6) is 0.866. The summed E-state index contributed by atoms with van der Waals surface area (Å²) in [7, 11) is -3.04. The van der Waals surface area contributed by atoms with Crippen molar-refractivity contribution < 1.29 is 8.42 Å². The molecule has 0 unspecified atom stereocenters. The first kappa shape index (κ1) is 16.0. The van der Waals surface area contributed by atoms with Crippen LogP contribution >= 0.6 is 0 Å². The maximum atomic E-state index is 11.4. The van der Waals surface area contributed by atoms with Crippen LogP contribution in [0.25, 0.3) is 0 Å². The van der Waals surface area contributed by atoms with Gasteiger partial charge in [-0.1, -0.05) is 12.2 Å². The molecule has 1 heterocycles. The molecule has 1 rings (SSSR count). The normalized spacial score (nSPS) is 19.4. The lowest BCUT2D eigenvalue weighted by atomic mass is 9.98. The summed E-state index contributed by atoms with van der Waals surface area (Å²) >= 11 is 0. The number of nitrogens with one attached hydrogen (secondary N) is 1. The molecule has 0 aliphatic carbocycles. The van der Waals surface area contributed by atoms with Gasteiger partial charge in [0.2, 0.25) is 10.0 Å². The van der Waals surface area contributed by atoms with E-state index in [2.05, 4.69) is 16.9 Å². The van der Waals surface area contributed by atoms with Crippen LogP contribution in [-0.2, 0) is 10.0 Å². The van der Waals surface area contributed by atoms with Crippen LogP contribution in [0.4, 0.5) is 0 Å². The highest BCUT2D eigenvalue weighted by atomic mass is 32.2. The van der Waals surface area contributed by atoms with Gasteiger partial charge < -0.3 is 11.1 Å². The number of aliphatic imine (C=N–C) groups is 1. The van der Waals surface area contributed by atoms with Gasteiger partial charge in [0.1, 0.15) is 0 Å². The predicted molar refractivity (Wildman–Crippen MR) is 78.4 cm³/mol. The Morgan fingerprint density at radius 3 is 2.53 bits per heavy atom. The summed E-state index contributed by atoms with van der Waals surface area (Å²) in [5.41, 5.74) is 6.69. The van der Waals surface area contributed by atoms with Crippen LogP contribution < -0.4 is 11.1 Å². The van der Waals surface area contributed by atoms with Crippen molar-refractivity contribution >= 4 is 16.0 Å². The van der Waals surface area contributed by atoms with Gasteiger partial charge in [-0.25, -0.2) is 17.7 Å². The van der Waals surface area contributed by atoms with E-state index in [-0.39, 0.29) is 0 Å². The van der Waals surface area contributed by atoms with Crippen LogP contribution in [0.1, 0.15) is 19.8 Å². The second-order valence-electron chi connectivity index (χ2n) is 5.14. The molecule has 0 aromatic carbocycles. The first-order chi connectivity index (χ1) is 8.79. The number of guanidine groups is 1. The summed E-state index contributed by atoms with van der Waals surface area (Å²) in [6.45, 7) is 8.11. The van der Waals surface area contributed by atoms with Crippen molar-refractivity contribution in [3.8, 4) is 0 Å². The van der Waals surface area contributed by atoms with E-state index in [4.69, 9.17) is 5.73 Å². The van der Waals surface area contributed by atoms with E-state index in [9.17, 15) is 8.42 Å². The van der Waals surface area contributed by atoms with Crippen molar-refractivity contribution in [2.24, 2.45) is 16.6 Å². The fourth-order valence-electron chi connectivity index (χ4n) is 1.97. The Morgan fingerprint density at radius 1 is 1.47 bits per heavy atom. The number of nitrogens with zero attached hydrogens (tertiary/aromatic N) is 2. The van der Waals surface area contributed by atoms with E-state index in [1.807, 2.05) is 6.92 Å². The van der Waals surface area contributed by atoms with Crippen LogP contribution in [-0.4, -0.2) is 51.1 Å². The van der Waals surface area contributed by atoms with Crippen molar-refractivity contribution in [1.29, 1.82) is 0 Å². The van der Waals surface area contributed by atoms with Gasteiger partial charge in [0.05, 0.1) is 12.8 Å². The van der Waals surface area contributed by atoms with E-state index in [1.165, 1.54) is 10.6 Å². The number of hydrogen-bond acceptors (Lipinski definition) is 3. The van der Waals surface area contributed by atoms with Crippen LogP contribution in [0.2, 0.25) is 0 Å². The zero-order valence-corrected chi connectivity index (χ0v) is 12.5. The molecular formula is C12H24N4O2S. The van der Waals surface area contributed by atoms with Gasteiger partial charge in [-0.2, -0.15) is 0 Å². The van der Waals surface area contributed by atoms with E-state index < -0.39 is 10.0 Å². The molecule has 6 nitrogen and oxygen atoms in total. The summed E-state index contributed by atoms with van der Waals surface area (Å²) in [5, 5.41) is 3.08. The molecule has 0 amide bonds. The van der Waals surface area contributed by atoms with Gasteiger partial charge in [0.25, 0.3) is 0 Å². The molecule has 110 valence electrons. The zero-order chi connectivity index (χ0) is 14.5. The number of piperidine rings is 1. The lowest BCUT2D eigenvalue weighted by Crippen LogP contribution is -2.42. The third-order valence-electron chi connectivity index (χ3n) is 3.13. The zero-order valence-electron chi connectivity index (χ0n) is 11.7. The average Bonchev–Trinajstić information content (AvgIpc) is 2.33. The van der Waals surface area contributed by atoms with Crippen molar-refractivity contribution in [1.82, 2.24) is 9.62 Å². The van der Waals surface area contributed by atoms with Gasteiger partial charge in [-0.15, -0.1) is 0 Å². The van der Waals surface area contributed by atoms with Crippen LogP contribution in [0, 0.1) is 5.92 Å². The lowest BCUT2D eigenvalue weighted by molar-refractivity contribution is 0.275. The molecule has 0 radical (unpaired) electrons. The minimum atomic E-state index is -3.04.